The molecule has 0 saturated carbocycles. The second-order valence-corrected chi connectivity index (χ2v) is 5.19. The highest BCUT2D eigenvalue weighted by atomic mass is 35.5. The predicted octanol–water partition coefficient (Wildman–Crippen LogP) is 3.81. The summed E-state index contributed by atoms with van der Waals surface area (Å²) in [5, 5.41) is 10.5. The number of rotatable bonds is 7. The van der Waals surface area contributed by atoms with Crippen LogP contribution < -0.4 is 4.84 Å². The number of amides is 1. The van der Waals surface area contributed by atoms with Crippen molar-refractivity contribution in [2.24, 2.45) is 5.92 Å². The Kier molecular flexibility index (Phi) is 6.89. The van der Waals surface area contributed by atoms with Gasteiger partial charge in [-0.1, -0.05) is 25.4 Å². The van der Waals surface area contributed by atoms with Crippen LogP contribution in [0.4, 0.5) is 0 Å². The van der Waals surface area contributed by atoms with Gasteiger partial charge in [0.15, 0.2) is 5.75 Å². The smallest absolute Gasteiger partial charge is 0.257 e. The van der Waals surface area contributed by atoms with E-state index in [1.54, 1.807) is 24.3 Å². The summed E-state index contributed by atoms with van der Waals surface area (Å²) in [5.41, 5.74) is 0. The quantitative estimate of drug-likeness (QED) is 0.567. The summed E-state index contributed by atoms with van der Waals surface area (Å²) in [6.45, 7) is 4.13. The van der Waals surface area contributed by atoms with Gasteiger partial charge in [0.2, 0.25) is 0 Å². The lowest BCUT2D eigenvalue weighted by Crippen LogP contribution is -2.37. The fourth-order valence-corrected chi connectivity index (χ4v) is 1.70. The molecular weight excluding hydrogens is 276 g/mol. The molecule has 0 unspecified atom stereocenters. The molecule has 0 atom stereocenters. The number of hydroxylamine groups is 2. The second-order valence-electron chi connectivity index (χ2n) is 4.76. The largest absolute Gasteiger partial charge is 0.377 e. The average Bonchev–Trinajstić information content (AvgIpc) is 2.43. The highest BCUT2D eigenvalue weighted by Gasteiger charge is 2.18. The van der Waals surface area contributed by atoms with Crippen LogP contribution in [0.2, 0.25) is 5.02 Å². The van der Waals surface area contributed by atoms with Crippen LogP contribution in [0, 0.1) is 17.2 Å². The maximum atomic E-state index is 12.1. The van der Waals surface area contributed by atoms with E-state index in [4.69, 9.17) is 21.7 Å². The highest BCUT2D eigenvalue weighted by Crippen LogP contribution is 2.18. The second kappa shape index (κ2) is 8.44. The van der Waals surface area contributed by atoms with Gasteiger partial charge in [-0.3, -0.25) is 4.79 Å². The van der Waals surface area contributed by atoms with E-state index in [0.29, 0.717) is 23.7 Å². The molecule has 1 aromatic carbocycles. The number of benzene rings is 1. The van der Waals surface area contributed by atoms with Crippen molar-refractivity contribution in [2.45, 2.75) is 33.1 Å². The molecule has 0 heterocycles. The first-order valence-electron chi connectivity index (χ1n) is 6.66. The fourth-order valence-electron chi connectivity index (χ4n) is 1.57. The third kappa shape index (κ3) is 5.50. The zero-order chi connectivity index (χ0) is 15.0. The normalized spacial score (nSPS) is 10.2. The molecule has 0 aliphatic heterocycles. The predicted molar refractivity (Wildman–Crippen MR) is 78.1 cm³/mol. The van der Waals surface area contributed by atoms with Crippen molar-refractivity contribution in [3.05, 3.63) is 29.3 Å². The Labute approximate surface area is 124 Å². The molecule has 0 aliphatic rings. The van der Waals surface area contributed by atoms with Crippen molar-refractivity contribution in [3.63, 3.8) is 0 Å². The van der Waals surface area contributed by atoms with E-state index in [0.717, 1.165) is 12.8 Å². The van der Waals surface area contributed by atoms with Gasteiger partial charge in [-0.05, 0) is 37.1 Å². The molecule has 0 aliphatic carbocycles. The molecule has 108 valence electrons. The van der Waals surface area contributed by atoms with Crippen LogP contribution in [0.25, 0.3) is 0 Å². The van der Waals surface area contributed by atoms with Gasteiger partial charge in [-0.2, -0.15) is 10.3 Å². The number of carbonyl (C=O) groups is 1. The molecular formula is C15H19ClN2O2. The van der Waals surface area contributed by atoms with E-state index < -0.39 is 0 Å². The van der Waals surface area contributed by atoms with E-state index in [9.17, 15) is 4.79 Å². The Balaban J connectivity index is 2.64. The van der Waals surface area contributed by atoms with Gasteiger partial charge < -0.3 is 4.84 Å². The molecule has 0 saturated heterocycles. The topological polar surface area (TPSA) is 53.3 Å². The van der Waals surface area contributed by atoms with Crippen LogP contribution in [-0.4, -0.2) is 17.5 Å². The minimum absolute atomic E-state index is 0.0723. The van der Waals surface area contributed by atoms with Gasteiger partial charge in [-0.15, -0.1) is 0 Å². The van der Waals surface area contributed by atoms with E-state index in [2.05, 4.69) is 6.07 Å². The highest BCUT2D eigenvalue weighted by molar-refractivity contribution is 6.30. The van der Waals surface area contributed by atoms with Crippen LogP contribution in [0.15, 0.2) is 24.3 Å². The third-order valence-corrected chi connectivity index (χ3v) is 2.92. The number of hydrogen-bond donors (Lipinski definition) is 0. The van der Waals surface area contributed by atoms with Gasteiger partial charge in [0.05, 0.1) is 12.6 Å². The molecule has 4 nitrogen and oxygen atoms in total. The Morgan fingerprint density at radius 3 is 2.55 bits per heavy atom. The van der Waals surface area contributed by atoms with Crippen molar-refractivity contribution in [3.8, 4) is 11.8 Å². The minimum Gasteiger partial charge on any atom is -0.377 e. The number of hydrogen-bond acceptors (Lipinski definition) is 3. The van der Waals surface area contributed by atoms with Crippen LogP contribution in [0.5, 0.6) is 5.75 Å². The van der Waals surface area contributed by atoms with Crippen LogP contribution in [-0.2, 0) is 4.79 Å². The molecule has 0 bridgehead atoms. The lowest BCUT2D eigenvalue weighted by Gasteiger charge is -2.24. The van der Waals surface area contributed by atoms with Crippen LogP contribution in [0.3, 0.4) is 0 Å². The summed E-state index contributed by atoms with van der Waals surface area (Å²) in [5.74, 6) is 0.360. The number of halogens is 1. The number of carbonyl (C=O) groups excluding carboxylic acids is 1. The maximum Gasteiger partial charge on any atom is 0.257 e. The van der Waals surface area contributed by atoms with E-state index in [-0.39, 0.29) is 11.8 Å². The fraction of sp³-hybridized carbons (Fsp3) is 0.467. The summed E-state index contributed by atoms with van der Waals surface area (Å²) in [6.07, 6.45) is 1.98. The molecule has 0 fully saturated rings. The average molecular weight is 295 g/mol. The van der Waals surface area contributed by atoms with Crippen molar-refractivity contribution in [2.75, 3.05) is 6.54 Å². The third-order valence-electron chi connectivity index (χ3n) is 2.67. The standard InChI is InChI=1S/C15H19ClN2O2/c1-12(2)15(19)18(11-5-3-4-10-17)20-14-8-6-13(16)7-9-14/h6-9,12H,3-5,11H2,1-2H3. The molecule has 1 amide bonds. The first kappa shape index (κ1) is 16.3. The molecule has 1 aromatic rings. The van der Waals surface area contributed by atoms with Gasteiger partial charge in [0.1, 0.15) is 0 Å². The minimum atomic E-state index is -0.140. The summed E-state index contributed by atoms with van der Waals surface area (Å²) in [7, 11) is 0. The molecule has 0 radical (unpaired) electrons. The Morgan fingerprint density at radius 1 is 1.35 bits per heavy atom. The number of nitrogens with zero attached hydrogens (tertiary/aromatic N) is 2. The Bertz CT molecular complexity index is 466. The number of nitriles is 1. The van der Waals surface area contributed by atoms with E-state index in [1.807, 2.05) is 13.8 Å². The molecule has 1 rings (SSSR count). The summed E-state index contributed by atoms with van der Waals surface area (Å²) >= 11 is 5.81. The van der Waals surface area contributed by atoms with Crippen LogP contribution >= 0.6 is 11.6 Å². The summed E-state index contributed by atoms with van der Waals surface area (Å²) < 4.78 is 0. The lowest BCUT2D eigenvalue weighted by atomic mass is 10.2. The summed E-state index contributed by atoms with van der Waals surface area (Å²) in [4.78, 5) is 17.7. The van der Waals surface area contributed by atoms with E-state index in [1.165, 1.54) is 5.06 Å². The maximum absolute atomic E-state index is 12.1. The molecule has 0 aromatic heterocycles. The first-order chi connectivity index (χ1) is 9.54. The van der Waals surface area contributed by atoms with Crippen LogP contribution in [0.1, 0.15) is 33.1 Å². The van der Waals surface area contributed by atoms with Crippen molar-refractivity contribution < 1.29 is 9.63 Å². The van der Waals surface area contributed by atoms with Gasteiger partial charge in [-0.25, -0.2) is 0 Å². The summed E-state index contributed by atoms with van der Waals surface area (Å²) in [6, 6.07) is 8.96. The van der Waals surface area contributed by atoms with Crippen molar-refractivity contribution in [1.82, 2.24) is 5.06 Å². The monoisotopic (exact) mass is 294 g/mol. The Morgan fingerprint density at radius 2 is 2.00 bits per heavy atom. The zero-order valence-electron chi connectivity index (χ0n) is 11.8. The van der Waals surface area contributed by atoms with Gasteiger partial charge in [0.25, 0.3) is 5.91 Å². The molecule has 5 heteroatoms. The lowest BCUT2D eigenvalue weighted by molar-refractivity contribution is -0.161. The number of unbranched alkanes of at least 4 members (excludes halogenated alkanes) is 2. The molecule has 0 spiro atoms. The van der Waals surface area contributed by atoms with Crippen molar-refractivity contribution >= 4 is 17.5 Å². The van der Waals surface area contributed by atoms with Crippen molar-refractivity contribution in [1.29, 1.82) is 5.26 Å². The van der Waals surface area contributed by atoms with E-state index >= 15 is 0 Å². The SMILES string of the molecule is CC(C)C(=O)N(CCCCC#N)Oc1ccc(Cl)cc1. The Hall–Kier alpha value is -1.73. The first-order valence-corrected chi connectivity index (χ1v) is 7.04. The zero-order valence-corrected chi connectivity index (χ0v) is 12.6. The molecule has 0 N–H and O–H groups in total. The van der Waals surface area contributed by atoms with Gasteiger partial charge >= 0.3 is 0 Å². The molecule has 20 heavy (non-hydrogen) atoms. The van der Waals surface area contributed by atoms with Gasteiger partial charge in [0, 0.05) is 17.4 Å².